The Hall–Kier alpha value is -2.84. The topological polar surface area (TPSA) is 67.3 Å². The molecule has 2 aromatic rings. The summed E-state index contributed by atoms with van der Waals surface area (Å²) in [4.78, 5) is 22.8. The van der Waals surface area contributed by atoms with Crippen LogP contribution >= 0.6 is 0 Å². The highest BCUT2D eigenvalue weighted by molar-refractivity contribution is 5.94. The van der Waals surface area contributed by atoms with Gasteiger partial charge in [-0.2, -0.15) is 18.2 Å². The zero-order chi connectivity index (χ0) is 20.1. The minimum atomic E-state index is -4.42. The van der Waals surface area contributed by atoms with E-state index < -0.39 is 17.6 Å². The van der Waals surface area contributed by atoms with Gasteiger partial charge in [-0.3, -0.25) is 4.79 Å². The average molecular weight is 394 g/mol. The van der Waals surface area contributed by atoms with Crippen molar-refractivity contribution in [2.45, 2.75) is 25.9 Å². The minimum Gasteiger partial charge on any atom is -0.476 e. The minimum absolute atomic E-state index is 0.155. The van der Waals surface area contributed by atoms with Gasteiger partial charge in [-0.15, -0.1) is 0 Å². The summed E-state index contributed by atoms with van der Waals surface area (Å²) in [7, 11) is 0. The molecule has 9 heteroatoms. The summed E-state index contributed by atoms with van der Waals surface area (Å²) in [6.07, 6.45) is -2.16. The number of anilines is 1. The number of nitrogens with one attached hydrogen (secondary N) is 1. The lowest BCUT2D eigenvalue weighted by molar-refractivity contribution is -0.137. The first-order valence-electron chi connectivity index (χ1n) is 9.02. The number of aryl methyl sites for hydroxylation is 1. The Morgan fingerprint density at radius 1 is 1.18 bits per heavy atom. The van der Waals surface area contributed by atoms with Gasteiger partial charge >= 0.3 is 6.18 Å². The summed E-state index contributed by atoms with van der Waals surface area (Å²) in [5.74, 6) is 1.40. The molecule has 0 saturated carbocycles. The van der Waals surface area contributed by atoms with Crippen molar-refractivity contribution in [2.24, 2.45) is 0 Å². The number of carbonyl (C=O) groups is 1. The molecular weight excluding hydrogens is 373 g/mol. The molecule has 1 N–H and O–H groups in total. The number of hydrogen-bond donors (Lipinski definition) is 1. The van der Waals surface area contributed by atoms with Crippen molar-refractivity contribution in [2.75, 3.05) is 31.1 Å². The van der Waals surface area contributed by atoms with E-state index in [0.717, 1.165) is 56.0 Å². The Kier molecular flexibility index (Phi) is 6.01. The average Bonchev–Trinajstić information content (AvgIpc) is 3.19. The Labute approximate surface area is 160 Å². The second kappa shape index (κ2) is 8.45. The first-order valence-corrected chi connectivity index (χ1v) is 9.02. The molecule has 1 aromatic heterocycles. The predicted molar refractivity (Wildman–Crippen MR) is 97.5 cm³/mol. The van der Waals surface area contributed by atoms with Crippen LogP contribution in [0.4, 0.5) is 19.0 Å². The van der Waals surface area contributed by atoms with Crippen molar-refractivity contribution in [3.8, 4) is 5.88 Å². The number of carbonyl (C=O) groups excluding carboxylic acids is 1. The number of alkyl halides is 3. The molecule has 1 aromatic carbocycles. The molecule has 1 saturated heterocycles. The van der Waals surface area contributed by atoms with E-state index in [9.17, 15) is 18.0 Å². The van der Waals surface area contributed by atoms with Crippen LogP contribution in [0.2, 0.25) is 0 Å². The predicted octanol–water partition coefficient (Wildman–Crippen LogP) is 3.21. The Bertz CT molecular complexity index is 819. The largest absolute Gasteiger partial charge is 0.476 e. The van der Waals surface area contributed by atoms with Gasteiger partial charge in [0.25, 0.3) is 5.91 Å². The summed E-state index contributed by atoms with van der Waals surface area (Å²) < 4.78 is 43.3. The Balaban J connectivity index is 1.49. The van der Waals surface area contributed by atoms with Gasteiger partial charge in [-0.25, -0.2) is 4.98 Å². The van der Waals surface area contributed by atoms with Gasteiger partial charge in [0.15, 0.2) is 0 Å². The SMILES string of the molecule is Cc1nc(OCCNC(=O)c2ccc(C(F)(F)F)cc2)cc(N2CCCC2)n1. The third kappa shape index (κ3) is 5.11. The van der Waals surface area contributed by atoms with Crippen LogP contribution in [0.3, 0.4) is 0 Å². The first-order chi connectivity index (χ1) is 13.3. The summed E-state index contributed by atoms with van der Waals surface area (Å²) in [6, 6.07) is 5.84. The van der Waals surface area contributed by atoms with Gasteiger partial charge < -0.3 is 15.0 Å². The number of amides is 1. The molecule has 0 bridgehead atoms. The molecular formula is C19H21F3N4O2. The molecule has 1 fully saturated rings. The highest BCUT2D eigenvalue weighted by Gasteiger charge is 2.30. The van der Waals surface area contributed by atoms with Crippen molar-refractivity contribution in [3.05, 3.63) is 47.3 Å². The molecule has 1 amide bonds. The molecule has 1 aliphatic heterocycles. The smallest absolute Gasteiger partial charge is 0.416 e. The monoisotopic (exact) mass is 394 g/mol. The highest BCUT2D eigenvalue weighted by atomic mass is 19.4. The molecule has 2 heterocycles. The molecule has 6 nitrogen and oxygen atoms in total. The number of halogens is 3. The Morgan fingerprint density at radius 2 is 1.86 bits per heavy atom. The number of nitrogens with zero attached hydrogens (tertiary/aromatic N) is 3. The van der Waals surface area contributed by atoms with Crippen LogP contribution in [0, 0.1) is 6.92 Å². The van der Waals surface area contributed by atoms with Crippen molar-refractivity contribution in [1.29, 1.82) is 0 Å². The fourth-order valence-electron chi connectivity index (χ4n) is 2.94. The third-order valence-corrected chi connectivity index (χ3v) is 4.34. The molecule has 0 spiro atoms. The normalized spacial score (nSPS) is 14.2. The molecule has 0 aliphatic carbocycles. The van der Waals surface area contributed by atoms with E-state index in [2.05, 4.69) is 20.2 Å². The van der Waals surface area contributed by atoms with E-state index in [1.165, 1.54) is 0 Å². The molecule has 150 valence electrons. The van der Waals surface area contributed by atoms with Crippen LogP contribution in [0.5, 0.6) is 5.88 Å². The van der Waals surface area contributed by atoms with Crippen molar-refractivity contribution in [1.82, 2.24) is 15.3 Å². The third-order valence-electron chi connectivity index (χ3n) is 4.34. The maximum Gasteiger partial charge on any atom is 0.416 e. The van der Waals surface area contributed by atoms with Gasteiger partial charge in [0, 0.05) is 24.7 Å². The molecule has 1 aliphatic rings. The summed E-state index contributed by atoms with van der Waals surface area (Å²) in [5, 5.41) is 2.61. The number of benzene rings is 1. The lowest BCUT2D eigenvalue weighted by atomic mass is 10.1. The van der Waals surface area contributed by atoms with Gasteiger partial charge in [0.1, 0.15) is 18.2 Å². The van der Waals surface area contributed by atoms with E-state index >= 15 is 0 Å². The fourth-order valence-corrected chi connectivity index (χ4v) is 2.94. The number of rotatable bonds is 6. The zero-order valence-corrected chi connectivity index (χ0v) is 15.4. The summed E-state index contributed by atoms with van der Waals surface area (Å²) in [5.41, 5.74) is -0.637. The Morgan fingerprint density at radius 3 is 2.50 bits per heavy atom. The van der Waals surface area contributed by atoms with E-state index in [1.807, 2.05) is 0 Å². The molecule has 28 heavy (non-hydrogen) atoms. The van der Waals surface area contributed by atoms with Crippen molar-refractivity contribution in [3.63, 3.8) is 0 Å². The first kappa shape index (κ1) is 19.9. The second-order valence-corrected chi connectivity index (χ2v) is 6.49. The fraction of sp³-hybridized carbons (Fsp3) is 0.421. The van der Waals surface area contributed by atoms with E-state index in [1.54, 1.807) is 13.0 Å². The number of ether oxygens (including phenoxy) is 1. The van der Waals surface area contributed by atoms with Crippen LogP contribution in [-0.4, -0.2) is 42.1 Å². The number of hydrogen-bond acceptors (Lipinski definition) is 5. The second-order valence-electron chi connectivity index (χ2n) is 6.49. The highest BCUT2D eigenvalue weighted by Crippen LogP contribution is 2.29. The van der Waals surface area contributed by atoms with Crippen molar-refractivity contribution < 1.29 is 22.7 Å². The molecule has 0 radical (unpaired) electrons. The maximum absolute atomic E-state index is 12.6. The molecule has 0 atom stereocenters. The molecule has 3 rings (SSSR count). The summed E-state index contributed by atoms with van der Waals surface area (Å²) >= 11 is 0. The van der Waals surface area contributed by atoms with Gasteiger partial charge in [-0.05, 0) is 44.0 Å². The van der Waals surface area contributed by atoms with E-state index in [4.69, 9.17) is 4.74 Å². The van der Waals surface area contributed by atoms with Gasteiger partial charge in [0.05, 0.1) is 12.1 Å². The van der Waals surface area contributed by atoms with E-state index in [0.29, 0.717) is 11.7 Å². The van der Waals surface area contributed by atoms with Crippen LogP contribution < -0.4 is 15.0 Å². The van der Waals surface area contributed by atoms with Crippen LogP contribution in [-0.2, 0) is 6.18 Å². The van der Waals surface area contributed by atoms with Crippen LogP contribution in [0.15, 0.2) is 30.3 Å². The lowest BCUT2D eigenvalue weighted by Gasteiger charge is -2.17. The van der Waals surface area contributed by atoms with Crippen LogP contribution in [0.25, 0.3) is 0 Å². The van der Waals surface area contributed by atoms with Crippen LogP contribution in [0.1, 0.15) is 34.6 Å². The summed E-state index contributed by atoms with van der Waals surface area (Å²) in [6.45, 7) is 4.08. The molecule has 0 unspecified atom stereocenters. The maximum atomic E-state index is 12.6. The standard InChI is InChI=1S/C19H21F3N4O2/c1-13-24-16(26-9-2-3-10-26)12-17(25-13)28-11-8-23-18(27)14-4-6-15(7-5-14)19(20,21)22/h4-7,12H,2-3,8-11H2,1H3,(H,23,27). The number of aromatic nitrogens is 2. The van der Waals surface area contributed by atoms with Gasteiger partial charge in [0.2, 0.25) is 5.88 Å². The van der Waals surface area contributed by atoms with Gasteiger partial charge in [-0.1, -0.05) is 0 Å². The lowest BCUT2D eigenvalue weighted by Crippen LogP contribution is -2.28. The van der Waals surface area contributed by atoms with E-state index in [-0.39, 0.29) is 18.7 Å². The zero-order valence-electron chi connectivity index (χ0n) is 15.4. The van der Waals surface area contributed by atoms with Crippen molar-refractivity contribution >= 4 is 11.7 Å². The quantitative estimate of drug-likeness (QED) is 0.762.